The Morgan fingerprint density at radius 1 is 1.43 bits per heavy atom. The van der Waals surface area contributed by atoms with Crippen LogP contribution in [0.5, 0.6) is 0 Å². The summed E-state index contributed by atoms with van der Waals surface area (Å²) in [5, 5.41) is 3.34. The van der Waals surface area contributed by atoms with Crippen LogP contribution < -0.4 is 11.1 Å². The number of hydrogen-bond acceptors (Lipinski definition) is 3. The van der Waals surface area contributed by atoms with Crippen molar-refractivity contribution in [2.24, 2.45) is 11.1 Å². The lowest BCUT2D eigenvalue weighted by molar-refractivity contribution is 0.1000. The van der Waals surface area contributed by atoms with E-state index in [1.54, 1.807) is 12.1 Å². The van der Waals surface area contributed by atoms with Gasteiger partial charge in [0.2, 0.25) is 5.91 Å². The third-order valence-corrected chi connectivity index (χ3v) is 4.40. The predicted molar refractivity (Wildman–Crippen MR) is 81.5 cm³/mol. The molecular formula is C16H24FN3O. The smallest absolute Gasteiger partial charge is 0.248 e. The second-order valence-corrected chi connectivity index (χ2v) is 6.39. The first-order valence-electron chi connectivity index (χ1n) is 7.37. The Bertz CT molecular complexity index is 510. The fourth-order valence-electron chi connectivity index (χ4n) is 2.68. The second kappa shape index (κ2) is 6.54. The molecule has 0 spiro atoms. The summed E-state index contributed by atoms with van der Waals surface area (Å²) in [5.41, 5.74) is 6.18. The summed E-state index contributed by atoms with van der Waals surface area (Å²) >= 11 is 0. The minimum Gasteiger partial charge on any atom is -0.366 e. The lowest BCUT2D eigenvalue weighted by atomic mass is 9.80. The summed E-state index contributed by atoms with van der Waals surface area (Å²) in [7, 11) is 2.14. The number of amides is 1. The second-order valence-electron chi connectivity index (χ2n) is 6.39. The molecule has 1 fully saturated rings. The van der Waals surface area contributed by atoms with E-state index in [1.807, 2.05) is 0 Å². The van der Waals surface area contributed by atoms with Crippen molar-refractivity contribution < 1.29 is 9.18 Å². The largest absolute Gasteiger partial charge is 0.366 e. The van der Waals surface area contributed by atoms with Crippen LogP contribution in [0.25, 0.3) is 0 Å². The fraction of sp³-hybridized carbons (Fsp3) is 0.562. The van der Waals surface area contributed by atoms with E-state index >= 15 is 0 Å². The molecule has 1 aromatic carbocycles. The molecule has 1 saturated heterocycles. The van der Waals surface area contributed by atoms with Gasteiger partial charge in [-0.25, -0.2) is 4.39 Å². The van der Waals surface area contributed by atoms with Crippen LogP contribution >= 0.6 is 0 Å². The number of nitrogens with two attached hydrogens (primary N) is 1. The minimum absolute atomic E-state index is 0.207. The van der Waals surface area contributed by atoms with Crippen molar-refractivity contribution in [3.05, 3.63) is 35.1 Å². The monoisotopic (exact) mass is 293 g/mol. The van der Waals surface area contributed by atoms with E-state index in [0.29, 0.717) is 12.1 Å². The molecule has 4 nitrogen and oxygen atoms in total. The SMILES string of the molecule is CN1CCC(C)(CNCc2ccc(C(N)=O)cc2F)CC1. The molecule has 3 N–H and O–H groups in total. The molecule has 116 valence electrons. The summed E-state index contributed by atoms with van der Waals surface area (Å²) in [6, 6.07) is 4.40. The van der Waals surface area contributed by atoms with Gasteiger partial charge in [-0.2, -0.15) is 0 Å². The molecule has 21 heavy (non-hydrogen) atoms. The molecule has 5 heteroatoms. The summed E-state index contributed by atoms with van der Waals surface area (Å²) in [6.45, 7) is 5.84. The van der Waals surface area contributed by atoms with Gasteiger partial charge in [0.25, 0.3) is 0 Å². The Balaban J connectivity index is 1.87. The van der Waals surface area contributed by atoms with Gasteiger partial charge in [-0.05, 0) is 50.5 Å². The summed E-state index contributed by atoms with van der Waals surface area (Å²) in [5.74, 6) is -0.987. The number of benzene rings is 1. The van der Waals surface area contributed by atoms with Crippen LogP contribution in [0.2, 0.25) is 0 Å². The number of carbonyl (C=O) groups excluding carboxylic acids is 1. The van der Waals surface area contributed by atoms with Crippen molar-refractivity contribution >= 4 is 5.91 Å². The molecule has 0 bridgehead atoms. The zero-order valence-electron chi connectivity index (χ0n) is 12.8. The third-order valence-electron chi connectivity index (χ3n) is 4.40. The molecule has 0 unspecified atom stereocenters. The highest BCUT2D eigenvalue weighted by molar-refractivity contribution is 5.92. The van der Waals surface area contributed by atoms with E-state index in [1.165, 1.54) is 6.07 Å². The number of nitrogens with one attached hydrogen (secondary N) is 1. The van der Waals surface area contributed by atoms with Crippen LogP contribution in [0.15, 0.2) is 18.2 Å². The first-order chi connectivity index (χ1) is 9.89. The van der Waals surface area contributed by atoms with Gasteiger partial charge in [0, 0.05) is 24.2 Å². The number of halogens is 1. The quantitative estimate of drug-likeness (QED) is 0.869. The Labute approximate surface area is 125 Å². The zero-order chi connectivity index (χ0) is 15.5. The van der Waals surface area contributed by atoms with Gasteiger partial charge in [0.1, 0.15) is 5.82 Å². The van der Waals surface area contributed by atoms with Gasteiger partial charge in [-0.3, -0.25) is 4.79 Å². The Morgan fingerprint density at radius 2 is 2.10 bits per heavy atom. The number of carbonyl (C=O) groups is 1. The predicted octanol–water partition coefficient (Wildman–Crippen LogP) is 1.75. The van der Waals surface area contributed by atoms with Crippen LogP contribution in [0.4, 0.5) is 4.39 Å². The number of nitrogens with zero attached hydrogens (tertiary/aromatic N) is 1. The highest BCUT2D eigenvalue weighted by Crippen LogP contribution is 2.29. The molecule has 1 amide bonds. The highest BCUT2D eigenvalue weighted by atomic mass is 19.1. The van der Waals surface area contributed by atoms with Crippen molar-refractivity contribution in [1.29, 1.82) is 0 Å². The molecule has 0 aromatic heterocycles. The molecule has 0 saturated carbocycles. The summed E-state index contributed by atoms with van der Waals surface area (Å²) in [4.78, 5) is 13.3. The van der Waals surface area contributed by atoms with Gasteiger partial charge in [0.05, 0.1) is 0 Å². The fourth-order valence-corrected chi connectivity index (χ4v) is 2.68. The van der Waals surface area contributed by atoms with Crippen molar-refractivity contribution in [2.75, 3.05) is 26.7 Å². The lowest BCUT2D eigenvalue weighted by Gasteiger charge is -2.38. The Morgan fingerprint density at radius 3 is 2.67 bits per heavy atom. The molecular weight excluding hydrogens is 269 g/mol. The standard InChI is InChI=1S/C16H24FN3O/c1-16(5-7-20(2)8-6-16)11-19-10-13-4-3-12(15(18)21)9-14(13)17/h3-4,9,19H,5-8,10-11H2,1-2H3,(H2,18,21). The molecule has 0 atom stereocenters. The molecule has 0 aliphatic carbocycles. The third kappa shape index (κ3) is 4.25. The highest BCUT2D eigenvalue weighted by Gasteiger charge is 2.28. The van der Waals surface area contributed by atoms with Gasteiger partial charge in [-0.15, -0.1) is 0 Å². The van der Waals surface area contributed by atoms with Crippen molar-refractivity contribution in [3.63, 3.8) is 0 Å². The van der Waals surface area contributed by atoms with Crippen LogP contribution in [0.3, 0.4) is 0 Å². The van der Waals surface area contributed by atoms with E-state index < -0.39 is 5.91 Å². The maximum atomic E-state index is 13.9. The van der Waals surface area contributed by atoms with E-state index in [4.69, 9.17) is 5.73 Å². The number of likely N-dealkylation sites (tertiary alicyclic amines) is 1. The van der Waals surface area contributed by atoms with Crippen molar-refractivity contribution in [1.82, 2.24) is 10.2 Å². The van der Waals surface area contributed by atoms with Gasteiger partial charge < -0.3 is 16.0 Å². The Kier molecular flexibility index (Phi) is 4.96. The van der Waals surface area contributed by atoms with Crippen molar-refractivity contribution in [3.8, 4) is 0 Å². The molecule has 0 radical (unpaired) electrons. The first kappa shape index (κ1) is 15.9. The first-order valence-corrected chi connectivity index (χ1v) is 7.37. The van der Waals surface area contributed by atoms with E-state index in [0.717, 1.165) is 32.5 Å². The van der Waals surface area contributed by atoms with E-state index in [2.05, 4.69) is 24.2 Å². The minimum atomic E-state index is -0.604. The molecule has 2 rings (SSSR count). The van der Waals surface area contributed by atoms with Gasteiger partial charge in [-0.1, -0.05) is 13.0 Å². The Hall–Kier alpha value is -1.46. The molecule has 1 aromatic rings. The van der Waals surface area contributed by atoms with Crippen LogP contribution in [0, 0.1) is 11.2 Å². The number of rotatable bonds is 5. The number of piperidine rings is 1. The van der Waals surface area contributed by atoms with E-state index in [9.17, 15) is 9.18 Å². The molecule has 1 aliphatic rings. The zero-order valence-corrected chi connectivity index (χ0v) is 12.8. The van der Waals surface area contributed by atoms with Crippen LogP contribution in [0.1, 0.15) is 35.7 Å². The van der Waals surface area contributed by atoms with Crippen molar-refractivity contribution in [2.45, 2.75) is 26.3 Å². The summed E-state index contributed by atoms with van der Waals surface area (Å²) in [6.07, 6.45) is 2.30. The number of primary amides is 1. The van der Waals surface area contributed by atoms with E-state index in [-0.39, 0.29) is 16.8 Å². The topological polar surface area (TPSA) is 58.4 Å². The maximum absolute atomic E-state index is 13.9. The molecule has 1 heterocycles. The van der Waals surface area contributed by atoms with Gasteiger partial charge in [0.15, 0.2) is 0 Å². The molecule has 1 aliphatic heterocycles. The number of hydrogen-bond donors (Lipinski definition) is 2. The lowest BCUT2D eigenvalue weighted by Crippen LogP contribution is -2.41. The van der Waals surface area contributed by atoms with Crippen LogP contribution in [-0.2, 0) is 6.54 Å². The summed E-state index contributed by atoms with van der Waals surface area (Å²) < 4.78 is 13.9. The average Bonchev–Trinajstić information content (AvgIpc) is 2.44. The van der Waals surface area contributed by atoms with Crippen LogP contribution in [-0.4, -0.2) is 37.5 Å². The maximum Gasteiger partial charge on any atom is 0.248 e. The normalized spacial score (nSPS) is 18.6. The van der Waals surface area contributed by atoms with Gasteiger partial charge >= 0.3 is 0 Å². The average molecular weight is 293 g/mol.